The predicted octanol–water partition coefficient (Wildman–Crippen LogP) is 1.96. The first-order chi connectivity index (χ1) is 12.5. The maximum atomic E-state index is 10.6. The molecule has 0 fully saturated rings. The van der Waals surface area contributed by atoms with Crippen molar-refractivity contribution in [1.29, 1.82) is 10.5 Å². The number of non-ortho nitro benzene ring substituents is 1. The maximum absolute atomic E-state index is 10.6. The average Bonchev–Trinajstić information content (AvgIpc) is 2.94. The van der Waals surface area contributed by atoms with E-state index in [0.717, 1.165) is 4.52 Å². The van der Waals surface area contributed by atoms with Gasteiger partial charge in [-0.2, -0.15) is 20.2 Å². The van der Waals surface area contributed by atoms with Crippen molar-refractivity contribution in [2.24, 2.45) is 10.2 Å². The Labute approximate surface area is 144 Å². The predicted molar refractivity (Wildman–Crippen MR) is 88.5 cm³/mol. The first-order valence-electron chi connectivity index (χ1n) is 6.90. The van der Waals surface area contributed by atoms with Gasteiger partial charge in [0.1, 0.15) is 23.5 Å². The van der Waals surface area contributed by atoms with E-state index in [9.17, 15) is 15.4 Å². The third-order valence-electron chi connectivity index (χ3n) is 3.34. The second kappa shape index (κ2) is 6.14. The fourth-order valence-electron chi connectivity index (χ4n) is 2.13. The summed E-state index contributed by atoms with van der Waals surface area (Å²) in [5.74, 6) is -0.239. The van der Waals surface area contributed by atoms with Crippen LogP contribution in [0.3, 0.4) is 0 Å². The molecule has 0 saturated heterocycles. The number of rotatable bonds is 3. The van der Waals surface area contributed by atoms with Gasteiger partial charge in [0.2, 0.25) is 0 Å². The monoisotopic (exact) mass is 348 g/mol. The van der Waals surface area contributed by atoms with Crippen molar-refractivity contribution < 1.29 is 4.92 Å². The van der Waals surface area contributed by atoms with Crippen LogP contribution in [0.5, 0.6) is 0 Å². The van der Waals surface area contributed by atoms with E-state index in [1.807, 2.05) is 6.07 Å². The Morgan fingerprint density at radius 1 is 1.12 bits per heavy atom. The number of benzene rings is 1. The third kappa shape index (κ3) is 2.59. The van der Waals surface area contributed by atoms with Gasteiger partial charge in [0.25, 0.3) is 5.69 Å². The fraction of sp³-hybridized carbons (Fsp3) is 0. The highest BCUT2D eigenvalue weighted by Crippen LogP contribution is 2.31. The second-order valence-electron chi connectivity index (χ2n) is 4.89. The number of hydrogen-bond donors (Lipinski definition) is 2. The molecule has 126 valence electrons. The Morgan fingerprint density at radius 2 is 1.81 bits per heavy atom. The van der Waals surface area contributed by atoms with Gasteiger partial charge < -0.3 is 11.5 Å². The molecule has 4 N–H and O–H groups in total. The van der Waals surface area contributed by atoms with Crippen LogP contribution in [0.25, 0.3) is 5.65 Å². The van der Waals surface area contributed by atoms with E-state index in [2.05, 4.69) is 20.3 Å². The van der Waals surface area contributed by atoms with E-state index >= 15 is 0 Å². The Kier molecular flexibility index (Phi) is 3.84. The summed E-state index contributed by atoms with van der Waals surface area (Å²) >= 11 is 0. The van der Waals surface area contributed by atoms with E-state index in [-0.39, 0.29) is 39.9 Å². The van der Waals surface area contributed by atoms with Gasteiger partial charge in [0, 0.05) is 12.1 Å². The Balaban J connectivity index is 2.10. The SMILES string of the molecule is N#Cc1c(N)nc2c(N=Nc3ccc([N+](=O)[O-])cc3)c(N)nn2c1C#N. The molecule has 0 aliphatic heterocycles. The first kappa shape index (κ1) is 16.3. The summed E-state index contributed by atoms with van der Waals surface area (Å²) in [4.78, 5) is 14.1. The molecule has 0 radical (unpaired) electrons. The summed E-state index contributed by atoms with van der Waals surface area (Å²) in [6.07, 6.45) is 0. The maximum Gasteiger partial charge on any atom is 0.269 e. The highest BCUT2D eigenvalue weighted by Gasteiger charge is 2.20. The van der Waals surface area contributed by atoms with E-state index < -0.39 is 4.92 Å². The number of nitro benzene ring substituents is 1. The van der Waals surface area contributed by atoms with Gasteiger partial charge in [-0.3, -0.25) is 10.1 Å². The van der Waals surface area contributed by atoms with Gasteiger partial charge in [-0.25, -0.2) is 4.98 Å². The number of nitrogens with two attached hydrogens (primary N) is 2. The molecular formula is C14H8N10O2. The quantitative estimate of drug-likeness (QED) is 0.406. The van der Waals surface area contributed by atoms with Crippen molar-refractivity contribution in [3.05, 3.63) is 45.6 Å². The van der Waals surface area contributed by atoms with Crippen LogP contribution < -0.4 is 11.5 Å². The number of azo groups is 1. The minimum Gasteiger partial charge on any atom is -0.382 e. The van der Waals surface area contributed by atoms with Crippen molar-refractivity contribution >= 4 is 34.3 Å². The molecule has 2 aromatic heterocycles. The Bertz CT molecular complexity index is 1150. The fourth-order valence-corrected chi connectivity index (χ4v) is 2.13. The smallest absolute Gasteiger partial charge is 0.269 e. The summed E-state index contributed by atoms with van der Waals surface area (Å²) in [7, 11) is 0. The lowest BCUT2D eigenvalue weighted by atomic mass is 10.2. The molecule has 0 bridgehead atoms. The summed E-state index contributed by atoms with van der Waals surface area (Å²) in [5, 5.41) is 40.8. The van der Waals surface area contributed by atoms with Gasteiger partial charge in [-0.1, -0.05) is 0 Å². The molecule has 0 spiro atoms. The molecule has 3 aromatic rings. The van der Waals surface area contributed by atoms with Crippen molar-refractivity contribution in [2.45, 2.75) is 0 Å². The molecule has 12 heteroatoms. The van der Waals surface area contributed by atoms with Crippen molar-refractivity contribution in [2.75, 3.05) is 11.5 Å². The topological polar surface area (TPSA) is 198 Å². The Morgan fingerprint density at radius 3 is 2.38 bits per heavy atom. The molecule has 0 aliphatic rings. The van der Waals surface area contributed by atoms with Crippen molar-refractivity contribution in [3.63, 3.8) is 0 Å². The third-order valence-corrected chi connectivity index (χ3v) is 3.34. The van der Waals surface area contributed by atoms with Crippen LogP contribution in [0.1, 0.15) is 11.3 Å². The average molecular weight is 348 g/mol. The molecule has 0 unspecified atom stereocenters. The lowest BCUT2D eigenvalue weighted by molar-refractivity contribution is -0.384. The zero-order valence-electron chi connectivity index (χ0n) is 12.9. The second-order valence-corrected chi connectivity index (χ2v) is 4.89. The molecule has 0 saturated carbocycles. The highest BCUT2D eigenvalue weighted by molar-refractivity contribution is 5.78. The van der Waals surface area contributed by atoms with E-state index in [0.29, 0.717) is 5.69 Å². The number of nitriles is 2. The van der Waals surface area contributed by atoms with E-state index in [1.54, 1.807) is 6.07 Å². The minimum absolute atomic E-state index is 0.0519. The summed E-state index contributed by atoms with van der Waals surface area (Å²) in [6.45, 7) is 0. The zero-order valence-corrected chi connectivity index (χ0v) is 12.9. The normalized spacial score (nSPS) is 10.7. The number of nitrogens with zero attached hydrogens (tertiary/aromatic N) is 8. The standard InChI is InChI=1S/C14H8N10O2/c15-5-9-10(6-16)23-14(19-12(9)17)11(13(18)22-23)21-20-7-1-3-8(4-2-7)24(25)26/h1-4H,(H2,17,19)(H2,18,22). The number of anilines is 2. The lowest BCUT2D eigenvalue weighted by Gasteiger charge is -2.01. The molecule has 0 atom stereocenters. The molecule has 12 nitrogen and oxygen atoms in total. The first-order valence-corrected chi connectivity index (χ1v) is 6.90. The van der Waals surface area contributed by atoms with Gasteiger partial charge in [0.15, 0.2) is 22.8 Å². The van der Waals surface area contributed by atoms with Crippen LogP contribution in [0.2, 0.25) is 0 Å². The molecule has 0 aliphatic carbocycles. The van der Waals surface area contributed by atoms with Crippen LogP contribution in [-0.4, -0.2) is 19.5 Å². The van der Waals surface area contributed by atoms with Gasteiger partial charge >= 0.3 is 0 Å². The number of fused-ring (bicyclic) bond motifs is 1. The molecule has 0 amide bonds. The lowest BCUT2D eigenvalue weighted by Crippen LogP contribution is -2.05. The largest absolute Gasteiger partial charge is 0.382 e. The number of aromatic nitrogens is 3. The molecule has 1 aromatic carbocycles. The van der Waals surface area contributed by atoms with Crippen molar-refractivity contribution in [1.82, 2.24) is 14.6 Å². The molecular weight excluding hydrogens is 340 g/mol. The van der Waals surface area contributed by atoms with Crippen LogP contribution >= 0.6 is 0 Å². The zero-order chi connectivity index (χ0) is 18.8. The van der Waals surface area contributed by atoms with E-state index in [1.165, 1.54) is 24.3 Å². The molecule has 3 rings (SSSR count). The van der Waals surface area contributed by atoms with Crippen LogP contribution in [0.4, 0.5) is 28.7 Å². The van der Waals surface area contributed by atoms with Crippen LogP contribution in [-0.2, 0) is 0 Å². The number of nitrogen functional groups attached to an aromatic ring is 2. The summed E-state index contributed by atoms with van der Waals surface area (Å²) in [5.41, 5.74) is 11.6. The van der Waals surface area contributed by atoms with Gasteiger partial charge in [-0.05, 0) is 12.1 Å². The van der Waals surface area contributed by atoms with Crippen molar-refractivity contribution in [3.8, 4) is 12.1 Å². The molecule has 2 heterocycles. The Hall–Kier alpha value is -4.58. The van der Waals surface area contributed by atoms with Gasteiger partial charge in [0.05, 0.1) is 10.6 Å². The minimum atomic E-state index is -0.535. The van der Waals surface area contributed by atoms with Gasteiger partial charge in [-0.15, -0.1) is 10.2 Å². The molecule has 26 heavy (non-hydrogen) atoms. The highest BCUT2D eigenvalue weighted by atomic mass is 16.6. The number of hydrogen-bond acceptors (Lipinski definition) is 10. The summed E-state index contributed by atoms with van der Waals surface area (Å²) < 4.78 is 1.06. The van der Waals surface area contributed by atoms with Crippen LogP contribution in [0, 0.1) is 32.8 Å². The number of nitro groups is 1. The van der Waals surface area contributed by atoms with Crippen LogP contribution in [0.15, 0.2) is 34.5 Å². The van der Waals surface area contributed by atoms with E-state index in [4.69, 9.17) is 16.7 Å². The summed E-state index contributed by atoms with van der Waals surface area (Å²) in [6, 6.07) is 8.97.